The number of rotatable bonds is 3. The van der Waals surface area contributed by atoms with Gasteiger partial charge in [0.15, 0.2) is 0 Å². The van der Waals surface area contributed by atoms with Crippen molar-refractivity contribution >= 4 is 22.1 Å². The normalized spacial score (nSPS) is 31.3. The summed E-state index contributed by atoms with van der Waals surface area (Å²) in [6.45, 7) is 2.77. The van der Waals surface area contributed by atoms with E-state index in [1.54, 1.807) is 4.90 Å². The highest BCUT2D eigenvalue weighted by Gasteiger charge is 2.43. The van der Waals surface area contributed by atoms with Crippen molar-refractivity contribution in [1.29, 1.82) is 0 Å². The molecule has 1 unspecified atom stereocenters. The molecule has 3 N–H and O–H groups in total. The molecule has 0 aromatic rings. The molecule has 0 spiro atoms. The fourth-order valence-electron chi connectivity index (χ4n) is 3.24. The molecule has 0 radical (unpaired) electrons. The van der Waals surface area contributed by atoms with Gasteiger partial charge in [0.25, 0.3) is 10.2 Å². The lowest BCUT2D eigenvalue weighted by atomic mass is 9.94. The van der Waals surface area contributed by atoms with E-state index in [0.29, 0.717) is 12.8 Å². The van der Waals surface area contributed by atoms with Crippen molar-refractivity contribution in [2.24, 2.45) is 22.9 Å². The van der Waals surface area contributed by atoms with Crippen LogP contribution in [0.5, 0.6) is 0 Å². The lowest BCUT2D eigenvalue weighted by Crippen LogP contribution is -2.53. The van der Waals surface area contributed by atoms with Crippen LogP contribution < -0.4 is 5.14 Å². The highest BCUT2D eigenvalue weighted by atomic mass is 32.2. The second kappa shape index (κ2) is 5.90. The predicted molar refractivity (Wildman–Crippen MR) is 74.3 cm³/mol. The van der Waals surface area contributed by atoms with Crippen molar-refractivity contribution < 1.29 is 23.1 Å². The molecule has 3 atom stereocenters. The van der Waals surface area contributed by atoms with E-state index in [9.17, 15) is 23.1 Å². The highest BCUT2D eigenvalue weighted by Crippen LogP contribution is 2.37. The molecule has 1 heterocycles. The second-order valence-electron chi connectivity index (χ2n) is 5.90. The van der Waals surface area contributed by atoms with Crippen LogP contribution in [0.25, 0.3) is 0 Å². The molecular weight excluding hydrogens is 298 g/mol. The average Bonchev–Trinajstić information content (AvgIpc) is 2.79. The molecule has 2 aliphatic rings. The molecule has 1 saturated carbocycles. The highest BCUT2D eigenvalue weighted by molar-refractivity contribution is 7.86. The van der Waals surface area contributed by atoms with Gasteiger partial charge < -0.3 is 10.0 Å². The largest absolute Gasteiger partial charge is 0.481 e. The first-order chi connectivity index (χ1) is 9.70. The van der Waals surface area contributed by atoms with Crippen molar-refractivity contribution in [3.8, 4) is 0 Å². The van der Waals surface area contributed by atoms with Gasteiger partial charge in [-0.05, 0) is 18.8 Å². The van der Waals surface area contributed by atoms with Gasteiger partial charge >= 0.3 is 5.97 Å². The molecule has 9 heteroatoms. The number of carboxylic acids is 1. The summed E-state index contributed by atoms with van der Waals surface area (Å²) in [4.78, 5) is 25.3. The predicted octanol–water partition coefficient (Wildman–Crippen LogP) is -0.919. The van der Waals surface area contributed by atoms with Crippen LogP contribution in [0.1, 0.15) is 19.8 Å². The number of carboxylic acid groups (broad SMARTS) is 1. The number of piperazine rings is 1. The maximum atomic E-state index is 12.5. The van der Waals surface area contributed by atoms with Crippen LogP contribution in [0, 0.1) is 17.8 Å². The molecule has 0 aromatic heterocycles. The summed E-state index contributed by atoms with van der Waals surface area (Å²) in [7, 11) is -3.73. The van der Waals surface area contributed by atoms with Crippen molar-refractivity contribution in [3.05, 3.63) is 0 Å². The van der Waals surface area contributed by atoms with Crippen molar-refractivity contribution in [1.82, 2.24) is 9.21 Å². The number of nitrogens with zero attached hydrogens (tertiary/aromatic N) is 2. The van der Waals surface area contributed by atoms with Gasteiger partial charge in [-0.2, -0.15) is 12.7 Å². The van der Waals surface area contributed by atoms with E-state index in [-0.39, 0.29) is 38.0 Å². The van der Waals surface area contributed by atoms with E-state index in [1.165, 1.54) is 0 Å². The Morgan fingerprint density at radius 3 is 2.10 bits per heavy atom. The molecule has 1 aliphatic carbocycles. The number of hydrogen-bond donors (Lipinski definition) is 2. The van der Waals surface area contributed by atoms with Gasteiger partial charge in [0.2, 0.25) is 5.91 Å². The van der Waals surface area contributed by atoms with Crippen molar-refractivity contribution in [2.45, 2.75) is 19.8 Å². The van der Waals surface area contributed by atoms with Gasteiger partial charge in [0.05, 0.1) is 11.8 Å². The topological polar surface area (TPSA) is 121 Å². The van der Waals surface area contributed by atoms with E-state index >= 15 is 0 Å². The van der Waals surface area contributed by atoms with E-state index in [2.05, 4.69) is 0 Å². The third-order valence-corrected chi connectivity index (χ3v) is 5.43. The number of hydrogen-bond acceptors (Lipinski definition) is 4. The Kier molecular flexibility index (Phi) is 4.54. The van der Waals surface area contributed by atoms with Gasteiger partial charge in [-0.1, -0.05) is 6.92 Å². The molecule has 1 amide bonds. The summed E-state index contributed by atoms with van der Waals surface area (Å²) < 4.78 is 23.6. The summed E-state index contributed by atoms with van der Waals surface area (Å²) in [6, 6.07) is 0. The van der Waals surface area contributed by atoms with Crippen LogP contribution in [0.4, 0.5) is 0 Å². The van der Waals surface area contributed by atoms with Crippen LogP contribution in [0.15, 0.2) is 0 Å². The molecule has 2 fully saturated rings. The standard InChI is InChI=1S/C12H21N3O5S/c1-8-6-9(10(7-8)12(17)18)11(16)14-2-4-15(5-3-14)21(13,19)20/h8-10H,2-7H2,1H3,(H,17,18)(H2,13,19,20)/t8?,9-,10+/m0/s1. The van der Waals surface area contributed by atoms with Gasteiger partial charge in [-0.3, -0.25) is 9.59 Å². The smallest absolute Gasteiger partial charge is 0.307 e. The Morgan fingerprint density at radius 2 is 1.62 bits per heavy atom. The minimum Gasteiger partial charge on any atom is -0.481 e. The second-order valence-corrected chi connectivity index (χ2v) is 7.44. The monoisotopic (exact) mass is 319 g/mol. The third kappa shape index (κ3) is 3.53. The first-order valence-electron chi connectivity index (χ1n) is 6.99. The van der Waals surface area contributed by atoms with Gasteiger partial charge in [0.1, 0.15) is 0 Å². The summed E-state index contributed by atoms with van der Waals surface area (Å²) in [5.74, 6) is -2.03. The zero-order valence-electron chi connectivity index (χ0n) is 11.9. The molecular formula is C12H21N3O5S. The van der Waals surface area contributed by atoms with E-state index in [0.717, 1.165) is 4.31 Å². The van der Waals surface area contributed by atoms with Crippen molar-refractivity contribution in [3.63, 3.8) is 0 Å². The lowest BCUT2D eigenvalue weighted by Gasteiger charge is -2.35. The van der Waals surface area contributed by atoms with Gasteiger partial charge in [-0.25, -0.2) is 5.14 Å². The number of carbonyl (C=O) groups is 2. The molecule has 1 aliphatic heterocycles. The Balaban J connectivity index is 2.00. The lowest BCUT2D eigenvalue weighted by molar-refractivity contribution is -0.149. The van der Waals surface area contributed by atoms with E-state index in [1.807, 2.05) is 6.92 Å². The molecule has 1 saturated heterocycles. The third-order valence-electron chi connectivity index (χ3n) is 4.34. The zero-order valence-corrected chi connectivity index (χ0v) is 12.8. The molecule has 0 aromatic carbocycles. The number of nitrogens with two attached hydrogens (primary N) is 1. The molecule has 8 nitrogen and oxygen atoms in total. The zero-order chi connectivity index (χ0) is 15.8. The van der Waals surface area contributed by atoms with Crippen molar-refractivity contribution in [2.75, 3.05) is 26.2 Å². The number of aliphatic carboxylic acids is 1. The summed E-state index contributed by atoms with van der Waals surface area (Å²) in [5, 5.41) is 14.3. The SMILES string of the molecule is CC1C[C@H](C(=O)N2CCN(S(N)(=O)=O)CC2)[C@H](C(=O)O)C1. The first-order valence-corrected chi connectivity index (χ1v) is 8.50. The minimum absolute atomic E-state index is 0.157. The van der Waals surface area contributed by atoms with Crippen LogP contribution in [0.2, 0.25) is 0 Å². The fourth-order valence-corrected chi connectivity index (χ4v) is 3.91. The number of carbonyl (C=O) groups excluding carboxylic acids is 1. The number of amides is 1. The van der Waals surface area contributed by atoms with E-state index < -0.39 is 28.0 Å². The summed E-state index contributed by atoms with van der Waals surface area (Å²) in [5.41, 5.74) is 0. The average molecular weight is 319 g/mol. The molecule has 0 bridgehead atoms. The van der Waals surface area contributed by atoms with Crippen LogP contribution in [0.3, 0.4) is 0 Å². The van der Waals surface area contributed by atoms with Gasteiger partial charge in [-0.15, -0.1) is 0 Å². The fraction of sp³-hybridized carbons (Fsp3) is 0.833. The summed E-state index contributed by atoms with van der Waals surface area (Å²) in [6.07, 6.45) is 1.09. The quantitative estimate of drug-likeness (QED) is 0.697. The summed E-state index contributed by atoms with van der Waals surface area (Å²) >= 11 is 0. The van der Waals surface area contributed by atoms with E-state index in [4.69, 9.17) is 5.14 Å². The van der Waals surface area contributed by atoms with Crippen LogP contribution >= 0.6 is 0 Å². The first kappa shape index (κ1) is 16.2. The molecule has 2 rings (SSSR count). The maximum Gasteiger partial charge on any atom is 0.307 e. The molecule has 21 heavy (non-hydrogen) atoms. The van der Waals surface area contributed by atoms with Crippen LogP contribution in [-0.4, -0.2) is 60.8 Å². The van der Waals surface area contributed by atoms with Gasteiger partial charge in [0, 0.05) is 26.2 Å². The Labute approximate surface area is 124 Å². The minimum atomic E-state index is -3.73. The maximum absolute atomic E-state index is 12.5. The Bertz CT molecular complexity index is 527. The Morgan fingerprint density at radius 1 is 1.10 bits per heavy atom. The molecule has 120 valence electrons. The Hall–Kier alpha value is -1.19. The van der Waals surface area contributed by atoms with Crippen LogP contribution in [-0.2, 0) is 19.8 Å².